The quantitative estimate of drug-likeness (QED) is 0.509. The molecule has 11 heteroatoms. The summed E-state index contributed by atoms with van der Waals surface area (Å²) in [5, 5.41) is 29.0. The van der Waals surface area contributed by atoms with Gasteiger partial charge in [-0.15, -0.1) is 11.3 Å². The number of sulfonamides is 1. The molecule has 0 saturated carbocycles. The molecule has 0 aliphatic rings. The number of nitrogens with one attached hydrogen (secondary N) is 1. The van der Waals surface area contributed by atoms with Gasteiger partial charge in [-0.05, 0) is 48.4 Å². The molecule has 33 heavy (non-hydrogen) atoms. The smallest absolute Gasteiger partial charge is 0.275 e. The molecule has 0 aliphatic heterocycles. The van der Waals surface area contributed by atoms with Gasteiger partial charge in [0.15, 0.2) is 4.21 Å². The van der Waals surface area contributed by atoms with Crippen LogP contribution in [0.5, 0.6) is 0 Å². The van der Waals surface area contributed by atoms with Gasteiger partial charge in [0.25, 0.3) is 10.0 Å². The molecule has 2 aromatic rings. The molecule has 3 N–H and O–H groups in total. The van der Waals surface area contributed by atoms with Crippen LogP contribution in [0.1, 0.15) is 86.3 Å². The van der Waals surface area contributed by atoms with Crippen molar-refractivity contribution in [1.29, 1.82) is 5.26 Å². The number of benzene rings is 1. The fourth-order valence-electron chi connectivity index (χ4n) is 3.44. The molecular formula is C22H28FN3O5S2. The first kappa shape index (κ1) is 26.9. The van der Waals surface area contributed by atoms with Crippen LogP contribution >= 0.6 is 11.3 Å². The van der Waals surface area contributed by atoms with E-state index in [1.807, 2.05) is 24.6 Å². The highest BCUT2D eigenvalue weighted by atomic mass is 32.2. The predicted molar refractivity (Wildman–Crippen MR) is 122 cm³/mol. The number of aliphatic hydroxyl groups is 2. The number of hydrogen-bond donors (Lipinski definition) is 3. The third-order valence-electron chi connectivity index (χ3n) is 4.93. The third-order valence-corrected chi connectivity index (χ3v) is 8.26. The Hall–Kier alpha value is -2.39. The molecule has 180 valence electrons. The van der Waals surface area contributed by atoms with Crippen LogP contribution in [0.15, 0.2) is 10.3 Å². The normalized spacial score (nSPS) is 12.3. The van der Waals surface area contributed by atoms with Crippen LogP contribution in [0.3, 0.4) is 0 Å². The maximum atomic E-state index is 15.0. The van der Waals surface area contributed by atoms with Crippen LogP contribution < -0.4 is 4.72 Å². The predicted octanol–water partition coefficient (Wildman–Crippen LogP) is 3.17. The number of nitriles is 1. The second kappa shape index (κ2) is 9.85. The number of hydrogen-bond acceptors (Lipinski definition) is 8. The van der Waals surface area contributed by atoms with Crippen molar-refractivity contribution in [2.75, 3.05) is 0 Å². The first-order valence-corrected chi connectivity index (χ1v) is 12.6. The fourth-order valence-corrected chi connectivity index (χ4v) is 5.93. The summed E-state index contributed by atoms with van der Waals surface area (Å²) < 4.78 is 42.3. The van der Waals surface area contributed by atoms with Gasteiger partial charge in [-0.1, -0.05) is 27.7 Å². The fraction of sp³-hybridized carbons (Fsp3) is 0.500. The van der Waals surface area contributed by atoms with Crippen molar-refractivity contribution in [2.24, 2.45) is 0 Å². The molecule has 0 fully saturated rings. The van der Waals surface area contributed by atoms with E-state index in [-0.39, 0.29) is 37.9 Å². The van der Waals surface area contributed by atoms with Crippen molar-refractivity contribution in [3.8, 4) is 6.07 Å². The van der Waals surface area contributed by atoms with Crippen LogP contribution in [0, 0.1) is 17.1 Å². The highest BCUT2D eigenvalue weighted by molar-refractivity contribution is 7.92. The van der Waals surface area contributed by atoms with E-state index in [0.29, 0.717) is 22.5 Å². The summed E-state index contributed by atoms with van der Waals surface area (Å²) in [6, 6.07) is 3.23. The van der Waals surface area contributed by atoms with Crippen molar-refractivity contribution in [3.05, 3.63) is 44.8 Å². The zero-order valence-electron chi connectivity index (χ0n) is 19.4. The number of aliphatic hydroxyl groups excluding tert-OH is 1. The first-order chi connectivity index (χ1) is 15.1. The molecule has 1 aromatic heterocycles. The SMILES string of the molecule is CC(C)c1cc(C#N)c(F)c(C(C)C)c1CC(=O)NS(=O)(=O)c1sc(C(C)(C)O)nc1CO. The summed E-state index contributed by atoms with van der Waals surface area (Å²) in [6.45, 7) is 9.26. The van der Waals surface area contributed by atoms with E-state index in [1.165, 1.54) is 19.9 Å². The second-order valence-electron chi connectivity index (χ2n) is 8.82. The van der Waals surface area contributed by atoms with Gasteiger partial charge in [-0.2, -0.15) is 5.26 Å². The lowest BCUT2D eigenvalue weighted by Crippen LogP contribution is -2.32. The van der Waals surface area contributed by atoms with Crippen molar-refractivity contribution in [1.82, 2.24) is 9.71 Å². The summed E-state index contributed by atoms with van der Waals surface area (Å²) >= 11 is 0.650. The number of carbonyl (C=O) groups is 1. The number of amides is 1. The minimum Gasteiger partial charge on any atom is -0.390 e. The standard InChI is InChI=1S/C22H28FN3O5S2/c1-11(2)14-7-13(9-24)19(23)18(12(3)4)15(14)8-17(28)26-33(30,31)20-16(10-27)25-21(32-20)22(5,6)29/h7,11-12,27,29H,8,10H2,1-6H3,(H,26,28). The zero-order chi connectivity index (χ0) is 25.3. The molecule has 1 amide bonds. The monoisotopic (exact) mass is 497 g/mol. The first-order valence-electron chi connectivity index (χ1n) is 10.3. The topological polar surface area (TPSA) is 140 Å². The minimum atomic E-state index is -4.41. The van der Waals surface area contributed by atoms with Crippen molar-refractivity contribution in [3.63, 3.8) is 0 Å². The van der Waals surface area contributed by atoms with Gasteiger partial charge in [0.1, 0.15) is 22.5 Å². The maximum Gasteiger partial charge on any atom is 0.275 e. The highest BCUT2D eigenvalue weighted by Crippen LogP contribution is 2.34. The molecular weight excluding hydrogens is 469 g/mol. The van der Waals surface area contributed by atoms with E-state index in [1.54, 1.807) is 13.8 Å². The minimum absolute atomic E-state index is 0.0673. The van der Waals surface area contributed by atoms with Gasteiger partial charge in [-0.25, -0.2) is 22.5 Å². The zero-order valence-corrected chi connectivity index (χ0v) is 21.0. The number of aromatic nitrogens is 1. The average Bonchev–Trinajstić information content (AvgIpc) is 3.13. The molecule has 0 aliphatic carbocycles. The van der Waals surface area contributed by atoms with Gasteiger partial charge in [-0.3, -0.25) is 4.79 Å². The lowest BCUT2D eigenvalue weighted by atomic mass is 9.85. The van der Waals surface area contributed by atoms with Crippen molar-refractivity contribution in [2.45, 2.75) is 76.2 Å². The van der Waals surface area contributed by atoms with Crippen LogP contribution in [0.2, 0.25) is 0 Å². The van der Waals surface area contributed by atoms with Gasteiger partial charge in [0.2, 0.25) is 5.91 Å². The Morgan fingerprint density at radius 1 is 1.30 bits per heavy atom. The Morgan fingerprint density at radius 3 is 2.36 bits per heavy atom. The molecule has 0 radical (unpaired) electrons. The largest absolute Gasteiger partial charge is 0.390 e. The number of nitrogens with zero attached hydrogens (tertiary/aromatic N) is 2. The Labute approximate surface area is 197 Å². The molecule has 1 heterocycles. The van der Waals surface area contributed by atoms with Crippen molar-refractivity contribution >= 4 is 27.3 Å². The van der Waals surface area contributed by atoms with Crippen LogP contribution in [0.4, 0.5) is 4.39 Å². The van der Waals surface area contributed by atoms with E-state index in [4.69, 9.17) is 0 Å². The summed E-state index contributed by atoms with van der Waals surface area (Å²) in [4.78, 5) is 16.8. The summed E-state index contributed by atoms with van der Waals surface area (Å²) in [5.74, 6) is -2.12. The number of rotatable bonds is 8. The van der Waals surface area contributed by atoms with Gasteiger partial charge >= 0.3 is 0 Å². The maximum absolute atomic E-state index is 15.0. The molecule has 0 unspecified atom stereocenters. The van der Waals surface area contributed by atoms with Gasteiger partial charge < -0.3 is 10.2 Å². The van der Waals surface area contributed by atoms with Crippen LogP contribution in [0.25, 0.3) is 0 Å². The van der Waals surface area contributed by atoms with Crippen LogP contribution in [-0.4, -0.2) is 29.5 Å². The van der Waals surface area contributed by atoms with E-state index >= 15 is 0 Å². The van der Waals surface area contributed by atoms with E-state index in [9.17, 15) is 33.1 Å². The Balaban J connectivity index is 2.49. The number of carbonyl (C=O) groups excluding carboxylic acids is 1. The Morgan fingerprint density at radius 2 is 1.91 bits per heavy atom. The third kappa shape index (κ3) is 5.76. The average molecular weight is 498 g/mol. The van der Waals surface area contributed by atoms with E-state index in [2.05, 4.69) is 4.98 Å². The molecule has 0 saturated heterocycles. The molecule has 0 atom stereocenters. The lowest BCUT2D eigenvalue weighted by Gasteiger charge is -2.21. The highest BCUT2D eigenvalue weighted by Gasteiger charge is 2.31. The second-order valence-corrected chi connectivity index (χ2v) is 11.7. The van der Waals surface area contributed by atoms with Gasteiger partial charge in [0.05, 0.1) is 24.3 Å². The van der Waals surface area contributed by atoms with E-state index in [0.717, 1.165) is 0 Å². The lowest BCUT2D eigenvalue weighted by molar-refractivity contribution is -0.118. The molecule has 1 aromatic carbocycles. The van der Waals surface area contributed by atoms with Gasteiger partial charge in [0, 0.05) is 0 Å². The molecule has 0 bridgehead atoms. The van der Waals surface area contributed by atoms with E-state index < -0.39 is 40.4 Å². The van der Waals surface area contributed by atoms with Crippen molar-refractivity contribution < 1.29 is 27.8 Å². The summed E-state index contributed by atoms with van der Waals surface area (Å²) in [6.07, 6.45) is -0.422. The number of halogens is 1. The Bertz CT molecular complexity index is 1210. The number of thiazole rings is 1. The summed E-state index contributed by atoms with van der Waals surface area (Å²) in [5.41, 5.74) is -0.632. The summed E-state index contributed by atoms with van der Waals surface area (Å²) in [7, 11) is -4.41. The molecule has 8 nitrogen and oxygen atoms in total. The Kier molecular flexibility index (Phi) is 8.02. The molecule has 0 spiro atoms. The molecule has 2 rings (SSSR count). The van der Waals surface area contributed by atoms with Crippen LogP contribution in [-0.2, 0) is 33.4 Å².